The molecule has 108 valence electrons. The molecule has 1 aliphatic heterocycles. The topological polar surface area (TPSA) is 74.7 Å². The number of hydrogen-bond donors (Lipinski definition) is 1. The Kier molecular flexibility index (Phi) is 3.27. The summed E-state index contributed by atoms with van der Waals surface area (Å²) in [6.45, 7) is -0.0891. The number of nitrogens with zero attached hydrogens (tertiary/aromatic N) is 1. The van der Waals surface area contributed by atoms with Crippen LogP contribution in [0.4, 0.5) is 0 Å². The zero-order valence-corrected chi connectivity index (χ0v) is 11.9. The number of sulfonamides is 1. The number of amides is 1. The van der Waals surface area contributed by atoms with E-state index in [4.69, 9.17) is 5.11 Å². The average molecular weight is 303 g/mol. The van der Waals surface area contributed by atoms with Gasteiger partial charge < -0.3 is 5.11 Å². The number of aliphatic hydroxyl groups is 1. The summed E-state index contributed by atoms with van der Waals surface area (Å²) in [5, 5.41) is 9.00. The van der Waals surface area contributed by atoms with E-state index in [2.05, 4.69) is 0 Å². The van der Waals surface area contributed by atoms with Gasteiger partial charge in [-0.15, -0.1) is 0 Å². The molecule has 0 saturated heterocycles. The molecule has 0 aliphatic carbocycles. The molecule has 0 atom stereocenters. The van der Waals surface area contributed by atoms with E-state index in [1.807, 2.05) is 0 Å². The maximum absolute atomic E-state index is 12.4. The molecule has 3 rings (SSSR count). The molecular weight excluding hydrogens is 290 g/mol. The summed E-state index contributed by atoms with van der Waals surface area (Å²) in [5.74, 6) is -0.503. The van der Waals surface area contributed by atoms with Gasteiger partial charge in [-0.1, -0.05) is 36.4 Å². The van der Waals surface area contributed by atoms with Crippen LogP contribution in [0.3, 0.4) is 0 Å². The molecule has 6 heteroatoms. The molecule has 0 radical (unpaired) electrons. The predicted molar refractivity (Wildman–Crippen MR) is 75.9 cm³/mol. The number of aliphatic hydroxyl groups excluding tert-OH is 1. The van der Waals surface area contributed by atoms with E-state index in [1.54, 1.807) is 36.4 Å². The van der Waals surface area contributed by atoms with E-state index in [-0.39, 0.29) is 23.6 Å². The summed E-state index contributed by atoms with van der Waals surface area (Å²) in [4.78, 5) is 12.3. The molecule has 0 aromatic heterocycles. The average Bonchev–Trinajstić information content (AvgIpc) is 2.70. The number of fused-ring (bicyclic) bond motifs is 1. The minimum absolute atomic E-state index is 0.0123. The molecule has 21 heavy (non-hydrogen) atoms. The van der Waals surface area contributed by atoms with Crippen LogP contribution in [0.2, 0.25) is 0 Å². The summed E-state index contributed by atoms with van der Waals surface area (Å²) in [6, 6.07) is 13.0. The van der Waals surface area contributed by atoms with Crippen molar-refractivity contribution >= 4 is 15.9 Å². The third kappa shape index (κ3) is 2.22. The quantitative estimate of drug-likeness (QED) is 0.933. The molecule has 1 N–H and O–H groups in total. The number of benzene rings is 2. The van der Waals surface area contributed by atoms with Gasteiger partial charge in [0.1, 0.15) is 4.90 Å². The van der Waals surface area contributed by atoms with Crippen LogP contribution < -0.4 is 0 Å². The lowest BCUT2D eigenvalue weighted by molar-refractivity contribution is 0.0865. The van der Waals surface area contributed by atoms with Crippen LogP contribution in [-0.2, 0) is 23.2 Å². The fourth-order valence-corrected chi connectivity index (χ4v) is 3.86. The van der Waals surface area contributed by atoms with Crippen molar-refractivity contribution in [2.45, 2.75) is 18.0 Å². The van der Waals surface area contributed by atoms with Crippen molar-refractivity contribution in [3.05, 3.63) is 65.2 Å². The normalized spacial score (nSPS) is 16.0. The van der Waals surface area contributed by atoms with E-state index in [1.165, 1.54) is 12.1 Å². The Morgan fingerprint density at radius 3 is 2.19 bits per heavy atom. The molecule has 2 aromatic carbocycles. The lowest BCUT2D eigenvalue weighted by Crippen LogP contribution is -2.29. The van der Waals surface area contributed by atoms with Crippen LogP contribution in [0.15, 0.2) is 53.4 Å². The van der Waals surface area contributed by atoms with E-state index in [9.17, 15) is 13.2 Å². The summed E-state index contributed by atoms with van der Waals surface area (Å²) >= 11 is 0. The standard InChI is InChI=1S/C15H13NO4S/c17-10-12-7-5-11(6-8-12)9-16-15(18)13-3-1-2-4-14(13)21(16,19)20/h1-8,17H,9-10H2. The van der Waals surface area contributed by atoms with E-state index in [0.29, 0.717) is 5.56 Å². The van der Waals surface area contributed by atoms with Gasteiger partial charge in [-0.05, 0) is 23.3 Å². The van der Waals surface area contributed by atoms with Crippen LogP contribution in [0.1, 0.15) is 21.5 Å². The Hall–Kier alpha value is -2.18. The lowest BCUT2D eigenvalue weighted by Gasteiger charge is -2.15. The van der Waals surface area contributed by atoms with Crippen LogP contribution in [0, 0.1) is 0 Å². The summed E-state index contributed by atoms with van der Waals surface area (Å²) in [7, 11) is -3.78. The third-order valence-corrected chi connectivity index (χ3v) is 5.23. The SMILES string of the molecule is O=C1c2ccccc2S(=O)(=O)N1Cc1ccc(CO)cc1. The molecule has 0 unspecified atom stereocenters. The highest BCUT2D eigenvalue weighted by Crippen LogP contribution is 2.31. The minimum atomic E-state index is -3.78. The third-order valence-electron chi connectivity index (χ3n) is 3.44. The van der Waals surface area contributed by atoms with Gasteiger partial charge in [0.15, 0.2) is 0 Å². The second-order valence-electron chi connectivity index (χ2n) is 4.79. The molecule has 5 nitrogen and oxygen atoms in total. The Morgan fingerprint density at radius 2 is 1.57 bits per heavy atom. The first-order valence-corrected chi connectivity index (χ1v) is 7.83. The Morgan fingerprint density at radius 1 is 0.952 bits per heavy atom. The van der Waals surface area contributed by atoms with Crippen molar-refractivity contribution < 1.29 is 18.3 Å². The molecule has 0 saturated carbocycles. The van der Waals surface area contributed by atoms with Crippen LogP contribution in [-0.4, -0.2) is 23.7 Å². The number of hydrogen-bond acceptors (Lipinski definition) is 4. The van der Waals surface area contributed by atoms with Gasteiger partial charge >= 0.3 is 0 Å². The highest BCUT2D eigenvalue weighted by Gasteiger charge is 2.40. The second kappa shape index (κ2) is 4.98. The second-order valence-corrected chi connectivity index (χ2v) is 6.62. The molecular formula is C15H13NO4S. The molecule has 1 amide bonds. The maximum Gasteiger partial charge on any atom is 0.269 e. The molecule has 1 aliphatic rings. The van der Waals surface area contributed by atoms with Crippen molar-refractivity contribution in [3.63, 3.8) is 0 Å². The van der Waals surface area contributed by atoms with E-state index < -0.39 is 15.9 Å². The van der Waals surface area contributed by atoms with E-state index >= 15 is 0 Å². The fourth-order valence-electron chi connectivity index (χ4n) is 2.30. The lowest BCUT2D eigenvalue weighted by atomic mass is 10.1. The van der Waals surface area contributed by atoms with Crippen molar-refractivity contribution in [3.8, 4) is 0 Å². The van der Waals surface area contributed by atoms with Crippen LogP contribution in [0.5, 0.6) is 0 Å². The van der Waals surface area contributed by atoms with Gasteiger partial charge in [0.25, 0.3) is 15.9 Å². The monoisotopic (exact) mass is 303 g/mol. The van der Waals surface area contributed by atoms with Gasteiger partial charge in [0.2, 0.25) is 0 Å². The van der Waals surface area contributed by atoms with Gasteiger partial charge in [-0.2, -0.15) is 0 Å². The smallest absolute Gasteiger partial charge is 0.269 e. The first-order valence-electron chi connectivity index (χ1n) is 6.39. The predicted octanol–water partition coefficient (Wildman–Crippen LogP) is 1.52. The van der Waals surface area contributed by atoms with E-state index in [0.717, 1.165) is 9.87 Å². The maximum atomic E-state index is 12.4. The zero-order valence-electron chi connectivity index (χ0n) is 11.1. The molecule has 0 spiro atoms. The van der Waals surface area contributed by atoms with Crippen molar-refractivity contribution in [2.75, 3.05) is 0 Å². The number of rotatable bonds is 3. The fraction of sp³-hybridized carbons (Fsp3) is 0.133. The Labute approximate surface area is 122 Å². The highest BCUT2D eigenvalue weighted by atomic mass is 32.2. The zero-order chi connectivity index (χ0) is 15.0. The van der Waals surface area contributed by atoms with Gasteiger partial charge in [0.05, 0.1) is 18.7 Å². The molecule has 0 bridgehead atoms. The summed E-state index contributed by atoms with van der Waals surface area (Å²) < 4.78 is 25.7. The highest BCUT2D eigenvalue weighted by molar-refractivity contribution is 7.90. The van der Waals surface area contributed by atoms with Crippen LogP contribution >= 0.6 is 0 Å². The van der Waals surface area contributed by atoms with Crippen molar-refractivity contribution in [2.24, 2.45) is 0 Å². The first-order chi connectivity index (χ1) is 10.0. The van der Waals surface area contributed by atoms with Crippen molar-refractivity contribution in [1.82, 2.24) is 4.31 Å². The molecule has 1 heterocycles. The Bertz CT molecular complexity index is 797. The van der Waals surface area contributed by atoms with Gasteiger partial charge in [-0.3, -0.25) is 4.79 Å². The molecule has 0 fully saturated rings. The largest absolute Gasteiger partial charge is 0.392 e. The number of carbonyl (C=O) groups excluding carboxylic acids is 1. The summed E-state index contributed by atoms with van der Waals surface area (Å²) in [6.07, 6.45) is 0. The van der Waals surface area contributed by atoms with Crippen LogP contribution in [0.25, 0.3) is 0 Å². The Balaban J connectivity index is 1.95. The van der Waals surface area contributed by atoms with Gasteiger partial charge in [-0.25, -0.2) is 12.7 Å². The minimum Gasteiger partial charge on any atom is -0.392 e. The first kappa shape index (κ1) is 13.8. The molecule has 2 aromatic rings. The summed E-state index contributed by atoms with van der Waals surface area (Å²) in [5.41, 5.74) is 1.64. The van der Waals surface area contributed by atoms with Crippen molar-refractivity contribution in [1.29, 1.82) is 0 Å². The number of carbonyl (C=O) groups is 1. The van der Waals surface area contributed by atoms with Gasteiger partial charge in [0, 0.05) is 0 Å².